The molecule has 7 nitrogen and oxygen atoms in total. The van der Waals surface area contributed by atoms with E-state index in [1.165, 1.54) is 6.08 Å². The number of aromatic nitrogens is 1. The molecule has 0 saturated carbocycles. The fourth-order valence-electron chi connectivity index (χ4n) is 3.03. The highest BCUT2D eigenvalue weighted by Crippen LogP contribution is 2.22. The van der Waals surface area contributed by atoms with Crippen LogP contribution in [0.15, 0.2) is 58.6 Å². The van der Waals surface area contributed by atoms with Gasteiger partial charge in [-0.25, -0.2) is 0 Å². The van der Waals surface area contributed by atoms with Crippen LogP contribution in [-0.2, 0) is 4.79 Å². The SMILES string of the molecule is Cc1cc(NC(=O)C(C#N)=Cc2ccc(OCCCOc3c(C)cccc3C)cc2)no1. The Morgan fingerprint density at radius 1 is 1.09 bits per heavy atom. The van der Waals surface area contributed by atoms with Crippen LogP contribution in [0.5, 0.6) is 11.5 Å². The number of carbonyl (C=O) groups is 1. The standard InChI is InChI=1S/C25H25N3O4/c1-17-6-4-7-18(2)24(17)31-13-5-12-30-22-10-8-20(9-11-22)15-21(16-26)25(29)27-23-14-19(3)32-28-23/h4,6-11,14-15H,5,12-13H2,1-3H3,(H,27,28,29). The van der Waals surface area contributed by atoms with Gasteiger partial charge in [-0.15, -0.1) is 0 Å². The second-order valence-corrected chi connectivity index (χ2v) is 7.29. The first kappa shape index (κ1) is 22.6. The maximum absolute atomic E-state index is 12.3. The van der Waals surface area contributed by atoms with Crippen molar-refractivity contribution in [3.63, 3.8) is 0 Å². The van der Waals surface area contributed by atoms with Gasteiger partial charge < -0.3 is 19.3 Å². The van der Waals surface area contributed by atoms with Crippen molar-refractivity contribution in [2.24, 2.45) is 0 Å². The van der Waals surface area contributed by atoms with Gasteiger partial charge in [-0.1, -0.05) is 35.5 Å². The summed E-state index contributed by atoms with van der Waals surface area (Å²) >= 11 is 0. The highest BCUT2D eigenvalue weighted by molar-refractivity contribution is 6.09. The van der Waals surface area contributed by atoms with Crippen molar-refractivity contribution < 1.29 is 18.8 Å². The van der Waals surface area contributed by atoms with Gasteiger partial charge in [0, 0.05) is 12.5 Å². The molecule has 0 aliphatic heterocycles. The smallest absolute Gasteiger partial charge is 0.267 e. The number of ether oxygens (including phenoxy) is 2. The molecule has 0 unspecified atom stereocenters. The summed E-state index contributed by atoms with van der Waals surface area (Å²) in [6.45, 7) is 6.86. The molecule has 3 rings (SSSR count). The molecule has 0 atom stereocenters. The van der Waals surface area contributed by atoms with Crippen molar-refractivity contribution in [1.29, 1.82) is 5.26 Å². The van der Waals surface area contributed by atoms with Crippen molar-refractivity contribution in [3.8, 4) is 17.6 Å². The van der Waals surface area contributed by atoms with Crippen LogP contribution in [0.25, 0.3) is 6.08 Å². The average Bonchev–Trinajstić information content (AvgIpc) is 3.19. The molecule has 32 heavy (non-hydrogen) atoms. The summed E-state index contributed by atoms with van der Waals surface area (Å²) in [6.07, 6.45) is 2.25. The lowest BCUT2D eigenvalue weighted by molar-refractivity contribution is -0.112. The maximum atomic E-state index is 12.3. The van der Waals surface area contributed by atoms with E-state index in [0.29, 0.717) is 30.3 Å². The van der Waals surface area contributed by atoms with E-state index in [2.05, 4.69) is 10.5 Å². The number of nitrogens with zero attached hydrogens (tertiary/aromatic N) is 2. The molecule has 1 heterocycles. The van der Waals surface area contributed by atoms with Gasteiger partial charge in [0.15, 0.2) is 5.82 Å². The second kappa shape index (κ2) is 10.8. The number of nitrogens with one attached hydrogen (secondary N) is 1. The van der Waals surface area contributed by atoms with Crippen molar-refractivity contribution in [1.82, 2.24) is 5.16 Å². The Kier molecular flexibility index (Phi) is 7.65. The number of rotatable bonds is 9. The summed E-state index contributed by atoms with van der Waals surface area (Å²) in [6, 6.07) is 16.7. The Hall–Kier alpha value is -4.05. The molecule has 0 radical (unpaired) electrons. The summed E-state index contributed by atoms with van der Waals surface area (Å²) < 4.78 is 16.5. The van der Waals surface area contributed by atoms with Crippen molar-refractivity contribution >= 4 is 17.8 Å². The number of aryl methyl sites for hydroxylation is 3. The van der Waals surface area contributed by atoms with Crippen LogP contribution in [-0.4, -0.2) is 24.3 Å². The quantitative estimate of drug-likeness (QED) is 0.291. The molecular formula is C25H25N3O4. The molecule has 0 aliphatic rings. The lowest BCUT2D eigenvalue weighted by Gasteiger charge is -2.12. The first-order valence-corrected chi connectivity index (χ1v) is 10.2. The Balaban J connectivity index is 1.48. The van der Waals surface area contributed by atoms with Crippen molar-refractivity contribution in [3.05, 3.63) is 76.6 Å². The van der Waals surface area contributed by atoms with Gasteiger partial charge in [-0.3, -0.25) is 4.79 Å². The molecule has 0 aliphatic carbocycles. The van der Waals surface area contributed by atoms with Gasteiger partial charge in [-0.05, 0) is 55.7 Å². The maximum Gasteiger partial charge on any atom is 0.267 e. The van der Waals surface area contributed by atoms with Gasteiger partial charge in [0.2, 0.25) is 0 Å². The molecule has 0 fully saturated rings. The third kappa shape index (κ3) is 6.22. The van der Waals surface area contributed by atoms with Crippen LogP contribution in [0.1, 0.15) is 28.9 Å². The minimum Gasteiger partial charge on any atom is -0.493 e. The van der Waals surface area contributed by atoms with E-state index in [1.54, 1.807) is 37.3 Å². The van der Waals surface area contributed by atoms with E-state index in [9.17, 15) is 10.1 Å². The van der Waals surface area contributed by atoms with Gasteiger partial charge >= 0.3 is 0 Å². The third-order valence-electron chi connectivity index (χ3n) is 4.64. The van der Waals surface area contributed by atoms with Crippen molar-refractivity contribution in [2.75, 3.05) is 18.5 Å². The zero-order valence-electron chi connectivity index (χ0n) is 18.3. The summed E-state index contributed by atoms with van der Waals surface area (Å²) in [5, 5.41) is 15.5. The fraction of sp³-hybridized carbons (Fsp3) is 0.240. The number of hydrogen-bond acceptors (Lipinski definition) is 6. The van der Waals surface area contributed by atoms with E-state index < -0.39 is 5.91 Å². The largest absolute Gasteiger partial charge is 0.493 e. The normalized spacial score (nSPS) is 11.0. The Morgan fingerprint density at radius 3 is 2.41 bits per heavy atom. The van der Waals surface area contributed by atoms with E-state index in [4.69, 9.17) is 14.0 Å². The topological polar surface area (TPSA) is 97.4 Å². The Bertz CT molecular complexity index is 1120. The lowest BCUT2D eigenvalue weighted by Crippen LogP contribution is -2.13. The van der Waals surface area contributed by atoms with E-state index in [0.717, 1.165) is 23.3 Å². The molecule has 2 aromatic carbocycles. The molecule has 164 valence electrons. The van der Waals surface area contributed by atoms with Crippen LogP contribution >= 0.6 is 0 Å². The molecule has 1 amide bonds. The average molecular weight is 431 g/mol. The van der Waals surface area contributed by atoms with Crippen LogP contribution in [0.2, 0.25) is 0 Å². The minimum absolute atomic E-state index is 0.0389. The number of anilines is 1. The molecule has 3 aromatic rings. The van der Waals surface area contributed by atoms with Gasteiger partial charge in [-0.2, -0.15) is 5.26 Å². The summed E-state index contributed by atoms with van der Waals surface area (Å²) in [5.41, 5.74) is 2.91. The zero-order valence-corrected chi connectivity index (χ0v) is 18.3. The molecular weight excluding hydrogens is 406 g/mol. The molecule has 7 heteroatoms. The van der Waals surface area contributed by atoms with Crippen LogP contribution in [0.3, 0.4) is 0 Å². The minimum atomic E-state index is -0.551. The van der Waals surface area contributed by atoms with Gasteiger partial charge in [0.1, 0.15) is 28.9 Å². The van der Waals surface area contributed by atoms with Crippen molar-refractivity contribution in [2.45, 2.75) is 27.2 Å². The van der Waals surface area contributed by atoms with Crippen LogP contribution < -0.4 is 14.8 Å². The van der Waals surface area contributed by atoms with Gasteiger partial charge in [0.25, 0.3) is 5.91 Å². The Labute approximate surface area is 187 Å². The highest BCUT2D eigenvalue weighted by Gasteiger charge is 2.12. The number of para-hydroxylation sites is 1. The predicted molar refractivity (Wildman–Crippen MR) is 121 cm³/mol. The number of hydrogen-bond donors (Lipinski definition) is 1. The molecule has 0 saturated heterocycles. The monoisotopic (exact) mass is 431 g/mol. The lowest BCUT2D eigenvalue weighted by atomic mass is 10.1. The zero-order chi connectivity index (χ0) is 22.9. The predicted octanol–water partition coefficient (Wildman–Crippen LogP) is 4.99. The van der Waals surface area contributed by atoms with Crippen LogP contribution in [0.4, 0.5) is 5.82 Å². The van der Waals surface area contributed by atoms with Crippen LogP contribution in [0, 0.1) is 32.1 Å². The number of amides is 1. The summed E-state index contributed by atoms with van der Waals surface area (Å²) in [5.74, 6) is 1.91. The fourth-order valence-corrected chi connectivity index (χ4v) is 3.03. The number of nitriles is 1. The summed E-state index contributed by atoms with van der Waals surface area (Å²) in [4.78, 5) is 12.3. The summed E-state index contributed by atoms with van der Waals surface area (Å²) in [7, 11) is 0. The Morgan fingerprint density at radius 2 is 1.78 bits per heavy atom. The van der Waals surface area contributed by atoms with E-state index >= 15 is 0 Å². The third-order valence-corrected chi connectivity index (χ3v) is 4.64. The highest BCUT2D eigenvalue weighted by atomic mass is 16.5. The molecule has 0 spiro atoms. The second-order valence-electron chi connectivity index (χ2n) is 7.29. The van der Waals surface area contributed by atoms with E-state index in [-0.39, 0.29) is 11.4 Å². The van der Waals surface area contributed by atoms with E-state index in [1.807, 2.05) is 38.1 Å². The first-order chi connectivity index (χ1) is 15.5. The molecule has 0 bridgehead atoms. The molecule has 1 N–H and O–H groups in total. The molecule has 1 aromatic heterocycles. The van der Waals surface area contributed by atoms with Gasteiger partial charge in [0.05, 0.1) is 13.2 Å². The number of benzene rings is 2. The number of carbonyl (C=O) groups excluding carboxylic acids is 1. The first-order valence-electron chi connectivity index (χ1n) is 10.2.